The Hall–Kier alpha value is -1.89. The molecule has 0 aliphatic heterocycles. The van der Waals surface area contributed by atoms with Crippen LogP contribution in [-0.2, 0) is 6.54 Å². The second kappa shape index (κ2) is 8.10. The van der Waals surface area contributed by atoms with Crippen molar-refractivity contribution in [2.24, 2.45) is 5.73 Å². The van der Waals surface area contributed by atoms with Crippen LogP contribution < -0.4 is 15.8 Å². The summed E-state index contributed by atoms with van der Waals surface area (Å²) < 4.78 is 5.63. The predicted molar refractivity (Wildman–Crippen MR) is 91.7 cm³/mol. The molecule has 1 heterocycles. The highest BCUT2D eigenvalue weighted by molar-refractivity contribution is 7.10. The molecule has 1 aromatic heterocycles. The number of nitrogens with one attached hydrogen (secondary N) is 1. The molecule has 2 rings (SSSR count). The SMILES string of the molecule is CC(C)Oc1cccc(C(O)CNCc2cc(C(N)=O)cs2)c1. The second-order valence-corrected chi connectivity index (χ2v) is 6.55. The second-order valence-electron chi connectivity index (χ2n) is 5.55. The molecule has 0 aliphatic rings. The Kier molecular flexibility index (Phi) is 6.15. The number of rotatable bonds is 8. The van der Waals surface area contributed by atoms with Crippen molar-refractivity contribution in [3.8, 4) is 5.75 Å². The molecular formula is C17H22N2O3S. The minimum absolute atomic E-state index is 0.0961. The molecule has 2 aromatic rings. The molecule has 0 spiro atoms. The zero-order valence-corrected chi connectivity index (χ0v) is 14.1. The Bertz CT molecular complexity index is 655. The molecule has 0 fully saturated rings. The van der Waals surface area contributed by atoms with Gasteiger partial charge in [-0.1, -0.05) is 12.1 Å². The highest BCUT2D eigenvalue weighted by atomic mass is 32.1. The lowest BCUT2D eigenvalue weighted by atomic mass is 10.1. The lowest BCUT2D eigenvalue weighted by Gasteiger charge is -2.15. The fourth-order valence-electron chi connectivity index (χ4n) is 2.12. The van der Waals surface area contributed by atoms with E-state index in [1.807, 2.05) is 38.1 Å². The van der Waals surface area contributed by atoms with Gasteiger partial charge in [0.05, 0.1) is 17.8 Å². The van der Waals surface area contributed by atoms with Gasteiger partial charge in [0.2, 0.25) is 5.91 Å². The van der Waals surface area contributed by atoms with E-state index >= 15 is 0 Å². The van der Waals surface area contributed by atoms with Crippen molar-refractivity contribution in [3.63, 3.8) is 0 Å². The fraction of sp³-hybridized carbons (Fsp3) is 0.353. The van der Waals surface area contributed by atoms with Crippen LogP contribution in [0.15, 0.2) is 35.7 Å². The predicted octanol–water partition coefficient (Wildman–Crippen LogP) is 2.46. The summed E-state index contributed by atoms with van der Waals surface area (Å²) in [5, 5.41) is 15.2. The van der Waals surface area contributed by atoms with Gasteiger partial charge in [-0.15, -0.1) is 11.3 Å². The number of hydrogen-bond donors (Lipinski definition) is 3. The summed E-state index contributed by atoms with van der Waals surface area (Å²) in [6.45, 7) is 4.92. The van der Waals surface area contributed by atoms with Gasteiger partial charge in [0.15, 0.2) is 0 Å². The van der Waals surface area contributed by atoms with Crippen LogP contribution in [0.3, 0.4) is 0 Å². The summed E-state index contributed by atoms with van der Waals surface area (Å²) in [5.74, 6) is 0.329. The molecule has 0 saturated heterocycles. The maximum atomic E-state index is 11.0. The fourth-order valence-corrected chi connectivity index (χ4v) is 2.96. The summed E-state index contributed by atoms with van der Waals surface area (Å²) in [7, 11) is 0. The number of carbonyl (C=O) groups is 1. The first-order chi connectivity index (χ1) is 11.0. The van der Waals surface area contributed by atoms with Gasteiger partial charge in [0, 0.05) is 23.3 Å². The Morgan fingerprint density at radius 3 is 2.83 bits per heavy atom. The Morgan fingerprint density at radius 1 is 1.39 bits per heavy atom. The Labute approximate surface area is 140 Å². The van der Waals surface area contributed by atoms with E-state index in [2.05, 4.69) is 5.32 Å². The number of nitrogens with two attached hydrogens (primary N) is 1. The van der Waals surface area contributed by atoms with Crippen LogP contribution >= 0.6 is 11.3 Å². The minimum Gasteiger partial charge on any atom is -0.491 e. The quantitative estimate of drug-likeness (QED) is 0.692. The summed E-state index contributed by atoms with van der Waals surface area (Å²) in [6.07, 6.45) is -0.528. The number of carbonyl (C=O) groups excluding carboxylic acids is 1. The maximum absolute atomic E-state index is 11.0. The van der Waals surface area contributed by atoms with E-state index in [9.17, 15) is 9.90 Å². The molecular weight excluding hydrogens is 312 g/mol. The zero-order valence-electron chi connectivity index (χ0n) is 13.3. The summed E-state index contributed by atoms with van der Waals surface area (Å²) in [4.78, 5) is 12.0. The van der Waals surface area contributed by atoms with Crippen molar-refractivity contribution >= 4 is 17.2 Å². The van der Waals surface area contributed by atoms with Crippen molar-refractivity contribution in [3.05, 3.63) is 51.7 Å². The van der Waals surface area contributed by atoms with Gasteiger partial charge < -0.3 is 20.9 Å². The third-order valence-electron chi connectivity index (χ3n) is 3.19. The average molecular weight is 334 g/mol. The van der Waals surface area contributed by atoms with Crippen LogP contribution in [0.25, 0.3) is 0 Å². The topological polar surface area (TPSA) is 84.6 Å². The highest BCUT2D eigenvalue weighted by Gasteiger charge is 2.10. The number of hydrogen-bond acceptors (Lipinski definition) is 5. The van der Waals surface area contributed by atoms with E-state index in [0.717, 1.165) is 16.2 Å². The van der Waals surface area contributed by atoms with Gasteiger partial charge in [-0.05, 0) is 37.6 Å². The summed E-state index contributed by atoms with van der Waals surface area (Å²) >= 11 is 1.47. The van der Waals surface area contributed by atoms with E-state index < -0.39 is 12.0 Å². The summed E-state index contributed by atoms with van der Waals surface area (Å²) in [5.41, 5.74) is 6.55. The van der Waals surface area contributed by atoms with Crippen LogP contribution in [0, 0.1) is 0 Å². The number of benzene rings is 1. The van der Waals surface area contributed by atoms with E-state index in [1.54, 1.807) is 11.4 Å². The van der Waals surface area contributed by atoms with Gasteiger partial charge in [0.1, 0.15) is 5.75 Å². The molecule has 1 atom stereocenters. The molecule has 6 heteroatoms. The van der Waals surface area contributed by atoms with Gasteiger partial charge in [-0.3, -0.25) is 4.79 Å². The van der Waals surface area contributed by atoms with Crippen molar-refractivity contribution in [2.45, 2.75) is 32.6 Å². The smallest absolute Gasteiger partial charge is 0.249 e. The Balaban J connectivity index is 1.86. The normalized spacial score (nSPS) is 12.3. The van der Waals surface area contributed by atoms with Crippen molar-refractivity contribution in [1.29, 1.82) is 0 Å². The van der Waals surface area contributed by atoms with Crippen LogP contribution in [-0.4, -0.2) is 23.7 Å². The molecule has 0 bridgehead atoms. The number of primary amides is 1. The number of amides is 1. The first-order valence-electron chi connectivity index (χ1n) is 7.48. The van der Waals surface area contributed by atoms with Crippen LogP contribution in [0.4, 0.5) is 0 Å². The third kappa shape index (κ3) is 5.35. The molecule has 23 heavy (non-hydrogen) atoms. The van der Waals surface area contributed by atoms with E-state index in [0.29, 0.717) is 18.7 Å². The molecule has 1 aromatic carbocycles. The van der Waals surface area contributed by atoms with Crippen molar-refractivity contribution in [1.82, 2.24) is 5.32 Å². The first-order valence-corrected chi connectivity index (χ1v) is 8.36. The van der Waals surface area contributed by atoms with Crippen molar-refractivity contribution < 1.29 is 14.6 Å². The van der Waals surface area contributed by atoms with Gasteiger partial charge in [0.25, 0.3) is 0 Å². The summed E-state index contributed by atoms with van der Waals surface area (Å²) in [6, 6.07) is 9.23. The van der Waals surface area contributed by atoms with Gasteiger partial charge >= 0.3 is 0 Å². The number of ether oxygens (including phenoxy) is 1. The molecule has 1 unspecified atom stereocenters. The molecule has 0 aliphatic carbocycles. The highest BCUT2D eigenvalue weighted by Crippen LogP contribution is 2.20. The molecule has 0 radical (unpaired) electrons. The zero-order chi connectivity index (χ0) is 16.8. The molecule has 124 valence electrons. The van der Waals surface area contributed by atoms with E-state index in [1.165, 1.54) is 11.3 Å². The van der Waals surface area contributed by atoms with Gasteiger partial charge in [-0.25, -0.2) is 0 Å². The molecule has 4 N–H and O–H groups in total. The van der Waals surface area contributed by atoms with Gasteiger partial charge in [-0.2, -0.15) is 0 Å². The van der Waals surface area contributed by atoms with E-state index in [-0.39, 0.29) is 6.10 Å². The number of thiophene rings is 1. The number of aliphatic hydroxyl groups is 1. The average Bonchev–Trinajstić information content (AvgIpc) is 2.96. The standard InChI is InChI=1S/C17H22N2O3S/c1-11(2)22-14-5-3-4-12(6-14)16(20)9-19-8-15-7-13(10-23-15)17(18)21/h3-7,10-11,16,19-20H,8-9H2,1-2H3,(H2,18,21). The Morgan fingerprint density at radius 2 is 2.17 bits per heavy atom. The maximum Gasteiger partial charge on any atom is 0.249 e. The minimum atomic E-state index is -0.624. The molecule has 0 saturated carbocycles. The third-order valence-corrected chi connectivity index (χ3v) is 4.13. The molecule has 5 nitrogen and oxygen atoms in total. The lowest BCUT2D eigenvalue weighted by molar-refractivity contribution is 0.100. The lowest BCUT2D eigenvalue weighted by Crippen LogP contribution is -2.20. The number of aliphatic hydroxyl groups excluding tert-OH is 1. The van der Waals surface area contributed by atoms with Crippen LogP contribution in [0.5, 0.6) is 5.75 Å². The monoisotopic (exact) mass is 334 g/mol. The van der Waals surface area contributed by atoms with Crippen LogP contribution in [0.1, 0.15) is 40.8 Å². The van der Waals surface area contributed by atoms with Crippen LogP contribution in [0.2, 0.25) is 0 Å². The van der Waals surface area contributed by atoms with Crippen molar-refractivity contribution in [2.75, 3.05) is 6.54 Å². The molecule has 1 amide bonds. The first kappa shape index (κ1) is 17.5. The largest absolute Gasteiger partial charge is 0.491 e. The van der Waals surface area contributed by atoms with E-state index in [4.69, 9.17) is 10.5 Å².